The Morgan fingerprint density at radius 3 is 2.87 bits per heavy atom. The first-order valence-electron chi connectivity index (χ1n) is 4.71. The van der Waals surface area contributed by atoms with Crippen LogP contribution in [0.1, 0.15) is 12.1 Å². The highest BCUT2D eigenvalue weighted by molar-refractivity contribution is 7.95. The number of nitrogens with zero attached hydrogens (tertiary/aromatic N) is 1. The molecule has 0 aliphatic heterocycles. The molecule has 0 radical (unpaired) electrons. The summed E-state index contributed by atoms with van der Waals surface area (Å²) in [6, 6.07) is 5.81. The Balaban J connectivity index is 2.61. The lowest BCUT2D eigenvalue weighted by molar-refractivity contribution is -0.698. The summed E-state index contributed by atoms with van der Waals surface area (Å²) in [6.07, 6.45) is 4.33. The Morgan fingerprint density at radius 2 is 2.27 bits per heavy atom. The fourth-order valence-corrected chi connectivity index (χ4v) is 1.92. The maximum atomic E-state index is 10.9. The summed E-state index contributed by atoms with van der Waals surface area (Å²) in [7, 11) is -2.85. The van der Waals surface area contributed by atoms with Crippen LogP contribution in [-0.4, -0.2) is 20.4 Å². The SMILES string of the molecule is C=Cc1cccc[n+]1CCCS(=C)(=O)O. The van der Waals surface area contributed by atoms with Crippen molar-refractivity contribution in [2.24, 2.45) is 0 Å². The molecule has 1 N–H and O–H groups in total. The molecular formula is C11H16NO2S+. The average Bonchev–Trinajstić information content (AvgIpc) is 2.16. The van der Waals surface area contributed by atoms with E-state index in [0.717, 1.165) is 5.69 Å². The zero-order chi connectivity index (χ0) is 11.3. The average molecular weight is 226 g/mol. The number of rotatable bonds is 5. The van der Waals surface area contributed by atoms with Gasteiger partial charge in [-0.3, -0.25) is 0 Å². The number of pyridine rings is 1. The minimum atomic E-state index is -2.85. The van der Waals surface area contributed by atoms with Crippen molar-refractivity contribution in [3.05, 3.63) is 36.7 Å². The van der Waals surface area contributed by atoms with Crippen LogP contribution in [-0.2, 0) is 16.3 Å². The van der Waals surface area contributed by atoms with Crippen LogP contribution in [0.3, 0.4) is 0 Å². The van der Waals surface area contributed by atoms with Gasteiger partial charge in [-0.05, 0) is 11.9 Å². The lowest BCUT2D eigenvalue weighted by Crippen LogP contribution is -2.37. The summed E-state index contributed by atoms with van der Waals surface area (Å²) in [4.78, 5) is 0. The van der Waals surface area contributed by atoms with Crippen LogP contribution in [0, 0.1) is 0 Å². The highest BCUT2D eigenvalue weighted by atomic mass is 32.2. The Hall–Kier alpha value is -1.13. The van der Waals surface area contributed by atoms with Crippen LogP contribution in [0.4, 0.5) is 0 Å². The first kappa shape index (κ1) is 11.9. The quantitative estimate of drug-likeness (QED) is 0.605. The third kappa shape index (κ3) is 4.27. The fourth-order valence-electron chi connectivity index (χ4n) is 1.34. The summed E-state index contributed by atoms with van der Waals surface area (Å²) in [6.45, 7) is 4.41. The number of aromatic nitrogens is 1. The topological polar surface area (TPSA) is 41.2 Å². The Kier molecular flexibility index (Phi) is 4.05. The third-order valence-electron chi connectivity index (χ3n) is 2.05. The van der Waals surface area contributed by atoms with Gasteiger partial charge in [0.05, 0.1) is 9.80 Å². The molecule has 1 rings (SSSR count). The monoisotopic (exact) mass is 226 g/mol. The first-order chi connectivity index (χ1) is 7.03. The lowest BCUT2D eigenvalue weighted by atomic mass is 10.3. The molecule has 0 aliphatic rings. The molecule has 4 heteroatoms. The van der Waals surface area contributed by atoms with E-state index in [9.17, 15) is 4.21 Å². The summed E-state index contributed by atoms with van der Waals surface area (Å²) in [5.74, 6) is 3.43. The number of hydrogen-bond acceptors (Lipinski definition) is 1. The third-order valence-corrected chi connectivity index (χ3v) is 2.97. The van der Waals surface area contributed by atoms with Gasteiger partial charge in [0, 0.05) is 30.4 Å². The molecule has 0 aromatic carbocycles. The van der Waals surface area contributed by atoms with Crippen LogP contribution >= 0.6 is 0 Å². The number of hydrogen-bond donors (Lipinski definition) is 1. The van der Waals surface area contributed by atoms with Crippen LogP contribution in [0.5, 0.6) is 0 Å². The van der Waals surface area contributed by atoms with Crippen LogP contribution in [0.25, 0.3) is 6.08 Å². The molecule has 1 atom stereocenters. The minimum absolute atomic E-state index is 0.228. The molecule has 1 heterocycles. The molecule has 15 heavy (non-hydrogen) atoms. The fraction of sp³-hybridized carbons (Fsp3) is 0.273. The second kappa shape index (κ2) is 5.09. The van der Waals surface area contributed by atoms with Crippen LogP contribution in [0.2, 0.25) is 0 Å². The standard InChI is InChI=1S/C11H15NO2S/c1-3-11-7-4-5-8-12(11)9-6-10-15(2,13)14/h3-5,7-8H,1-2,6,9-10H2/p+1. The van der Waals surface area contributed by atoms with E-state index < -0.39 is 9.80 Å². The largest absolute Gasteiger partial charge is 0.314 e. The second-order valence-corrected chi connectivity index (χ2v) is 5.31. The van der Waals surface area contributed by atoms with Gasteiger partial charge in [-0.2, -0.15) is 4.57 Å². The first-order valence-corrected chi connectivity index (χ1v) is 6.56. The second-order valence-electron chi connectivity index (χ2n) is 3.35. The van der Waals surface area contributed by atoms with Gasteiger partial charge in [-0.15, -0.1) is 0 Å². The van der Waals surface area contributed by atoms with Crippen molar-refractivity contribution in [3.8, 4) is 0 Å². The molecule has 1 aromatic rings. The highest BCUT2D eigenvalue weighted by Gasteiger charge is 2.06. The lowest BCUT2D eigenvalue weighted by Gasteiger charge is -2.01. The zero-order valence-electron chi connectivity index (χ0n) is 8.63. The maximum Gasteiger partial charge on any atom is 0.204 e. The van der Waals surface area contributed by atoms with E-state index in [4.69, 9.17) is 4.55 Å². The molecule has 3 nitrogen and oxygen atoms in total. The molecule has 1 unspecified atom stereocenters. The molecule has 0 aliphatic carbocycles. The van der Waals surface area contributed by atoms with Crippen molar-refractivity contribution in [1.82, 2.24) is 0 Å². The normalized spacial score (nSPS) is 14.5. The highest BCUT2D eigenvalue weighted by Crippen LogP contribution is 1.95. The Bertz CT molecular complexity index is 438. The predicted molar refractivity (Wildman–Crippen MR) is 64.1 cm³/mol. The molecule has 0 spiro atoms. The Labute approximate surface area is 90.9 Å². The van der Waals surface area contributed by atoms with Crippen molar-refractivity contribution < 1.29 is 13.3 Å². The van der Waals surface area contributed by atoms with E-state index in [1.807, 2.05) is 29.0 Å². The summed E-state index contributed by atoms with van der Waals surface area (Å²) >= 11 is 0. The summed E-state index contributed by atoms with van der Waals surface area (Å²) < 4.78 is 22.0. The zero-order valence-corrected chi connectivity index (χ0v) is 9.45. The molecule has 0 amide bonds. The number of aryl methyl sites for hydroxylation is 1. The van der Waals surface area contributed by atoms with Gasteiger partial charge in [0.15, 0.2) is 6.20 Å². The van der Waals surface area contributed by atoms with Crippen molar-refractivity contribution >= 4 is 21.7 Å². The smallest absolute Gasteiger partial charge is 0.204 e. The van der Waals surface area contributed by atoms with Gasteiger partial charge in [0.1, 0.15) is 6.54 Å². The maximum absolute atomic E-state index is 10.9. The molecule has 82 valence electrons. The molecule has 0 bridgehead atoms. The van der Waals surface area contributed by atoms with Crippen molar-refractivity contribution in [2.45, 2.75) is 13.0 Å². The van der Waals surface area contributed by atoms with Gasteiger partial charge < -0.3 is 4.55 Å². The Morgan fingerprint density at radius 1 is 1.53 bits per heavy atom. The van der Waals surface area contributed by atoms with E-state index >= 15 is 0 Å². The van der Waals surface area contributed by atoms with Gasteiger partial charge in [0.2, 0.25) is 5.69 Å². The predicted octanol–water partition coefficient (Wildman–Crippen LogP) is 1.20. The van der Waals surface area contributed by atoms with Crippen LogP contribution in [0.15, 0.2) is 31.0 Å². The van der Waals surface area contributed by atoms with E-state index in [1.165, 1.54) is 0 Å². The van der Waals surface area contributed by atoms with Crippen LogP contribution < -0.4 is 4.57 Å². The van der Waals surface area contributed by atoms with Gasteiger partial charge in [-0.1, -0.05) is 6.58 Å². The molecule has 0 saturated carbocycles. The van der Waals surface area contributed by atoms with Gasteiger partial charge in [-0.25, -0.2) is 4.21 Å². The molecule has 0 fully saturated rings. The molecule has 0 saturated heterocycles. The van der Waals surface area contributed by atoms with Crippen molar-refractivity contribution in [3.63, 3.8) is 0 Å². The van der Waals surface area contributed by atoms with E-state index in [1.54, 1.807) is 6.08 Å². The van der Waals surface area contributed by atoms with Gasteiger partial charge >= 0.3 is 0 Å². The van der Waals surface area contributed by atoms with E-state index in [2.05, 4.69) is 12.4 Å². The van der Waals surface area contributed by atoms with E-state index in [-0.39, 0.29) is 5.75 Å². The summed E-state index contributed by atoms with van der Waals surface area (Å²) in [5.41, 5.74) is 1.01. The minimum Gasteiger partial charge on any atom is -0.314 e. The van der Waals surface area contributed by atoms with Crippen molar-refractivity contribution in [2.75, 3.05) is 5.75 Å². The van der Waals surface area contributed by atoms with Gasteiger partial charge in [0.25, 0.3) is 0 Å². The van der Waals surface area contributed by atoms with Crippen molar-refractivity contribution in [1.29, 1.82) is 0 Å². The molecular weight excluding hydrogens is 210 g/mol. The van der Waals surface area contributed by atoms with E-state index in [0.29, 0.717) is 13.0 Å². The molecule has 1 aromatic heterocycles. The summed E-state index contributed by atoms with van der Waals surface area (Å²) in [5, 5.41) is 0.